The highest BCUT2D eigenvalue weighted by Crippen LogP contribution is 2.40. The van der Waals surface area contributed by atoms with Crippen LogP contribution in [0.25, 0.3) is 0 Å². The normalized spacial score (nSPS) is 25.4. The van der Waals surface area contributed by atoms with Gasteiger partial charge >= 0.3 is 11.7 Å². The predicted molar refractivity (Wildman–Crippen MR) is 72.9 cm³/mol. The molecule has 0 saturated heterocycles. The third-order valence-electron chi connectivity index (χ3n) is 3.79. The highest BCUT2D eigenvalue weighted by Gasteiger charge is 2.46. The lowest BCUT2D eigenvalue weighted by Gasteiger charge is -2.27. The van der Waals surface area contributed by atoms with E-state index in [2.05, 4.69) is 10.3 Å². The lowest BCUT2D eigenvalue weighted by atomic mass is 9.85. The second-order valence-electron chi connectivity index (χ2n) is 5.09. The average Bonchev–Trinajstić information content (AvgIpc) is 2.74. The molecule has 0 radical (unpaired) electrons. The number of anilines is 1. The molecule has 2 N–H and O–H groups in total. The van der Waals surface area contributed by atoms with Crippen LogP contribution in [0.5, 0.6) is 0 Å². The van der Waals surface area contributed by atoms with E-state index < -0.39 is 22.3 Å². The van der Waals surface area contributed by atoms with Crippen LogP contribution in [0.4, 0.5) is 11.5 Å². The van der Waals surface area contributed by atoms with Crippen molar-refractivity contribution in [2.24, 2.45) is 5.41 Å². The molecule has 2 unspecified atom stereocenters. The molecule has 1 heterocycles. The second-order valence-corrected chi connectivity index (χ2v) is 5.53. The molecule has 1 aliphatic rings. The van der Waals surface area contributed by atoms with Crippen LogP contribution < -0.4 is 5.32 Å². The number of hydrogen-bond acceptors (Lipinski definition) is 5. The van der Waals surface area contributed by atoms with E-state index in [1.165, 1.54) is 12.3 Å². The fourth-order valence-electron chi connectivity index (χ4n) is 2.50. The number of aliphatic carboxylic acids is 1. The summed E-state index contributed by atoms with van der Waals surface area (Å²) in [6.07, 6.45) is 3.21. The highest BCUT2D eigenvalue weighted by atomic mass is 35.5. The number of nitrogens with zero attached hydrogens (tertiary/aromatic N) is 2. The molecule has 1 saturated carbocycles. The second kappa shape index (κ2) is 5.24. The molecule has 7 nitrogen and oxygen atoms in total. The molecular formula is C12H14ClN3O4. The van der Waals surface area contributed by atoms with Crippen molar-refractivity contribution < 1.29 is 14.8 Å². The minimum absolute atomic E-state index is 0.0544. The Kier molecular flexibility index (Phi) is 3.80. The molecule has 2 rings (SSSR count). The van der Waals surface area contributed by atoms with Crippen molar-refractivity contribution >= 4 is 29.1 Å². The maximum Gasteiger partial charge on any atom is 0.312 e. The van der Waals surface area contributed by atoms with Gasteiger partial charge in [0.2, 0.25) is 5.82 Å². The lowest BCUT2D eigenvalue weighted by molar-refractivity contribution is -0.384. The molecule has 0 bridgehead atoms. The van der Waals surface area contributed by atoms with Crippen LogP contribution >= 0.6 is 11.6 Å². The summed E-state index contributed by atoms with van der Waals surface area (Å²) in [6.45, 7) is 1.64. The maximum absolute atomic E-state index is 11.4. The molecule has 2 atom stereocenters. The molecule has 1 aliphatic carbocycles. The Balaban J connectivity index is 2.31. The van der Waals surface area contributed by atoms with Gasteiger partial charge < -0.3 is 10.4 Å². The molecule has 0 aromatic carbocycles. The van der Waals surface area contributed by atoms with Crippen LogP contribution in [0.3, 0.4) is 0 Å². The Morgan fingerprint density at radius 2 is 2.40 bits per heavy atom. The molecular weight excluding hydrogens is 286 g/mol. The fraction of sp³-hybridized carbons (Fsp3) is 0.500. The summed E-state index contributed by atoms with van der Waals surface area (Å²) >= 11 is 5.70. The number of pyridine rings is 1. The van der Waals surface area contributed by atoms with Crippen LogP contribution in [0, 0.1) is 15.5 Å². The van der Waals surface area contributed by atoms with E-state index in [-0.39, 0.29) is 16.5 Å². The number of halogens is 1. The third-order valence-corrected chi connectivity index (χ3v) is 4.00. The summed E-state index contributed by atoms with van der Waals surface area (Å²) in [5.41, 5.74) is -1.20. The van der Waals surface area contributed by atoms with Gasteiger partial charge in [-0.3, -0.25) is 14.9 Å². The summed E-state index contributed by atoms with van der Waals surface area (Å²) in [4.78, 5) is 25.7. The summed E-state index contributed by atoms with van der Waals surface area (Å²) in [5, 5.41) is 23.4. The number of carboxylic acid groups (broad SMARTS) is 1. The molecule has 1 aromatic heterocycles. The highest BCUT2D eigenvalue weighted by molar-refractivity contribution is 6.30. The summed E-state index contributed by atoms with van der Waals surface area (Å²) in [7, 11) is 0. The van der Waals surface area contributed by atoms with Gasteiger partial charge in [0, 0.05) is 18.3 Å². The Morgan fingerprint density at radius 1 is 1.70 bits per heavy atom. The number of aromatic nitrogens is 1. The molecule has 108 valence electrons. The number of nitrogens with one attached hydrogen (secondary N) is 1. The molecule has 20 heavy (non-hydrogen) atoms. The van der Waals surface area contributed by atoms with Crippen molar-refractivity contribution in [3.8, 4) is 0 Å². The number of nitro groups is 1. The number of carboxylic acids is 1. The van der Waals surface area contributed by atoms with E-state index in [9.17, 15) is 20.0 Å². The van der Waals surface area contributed by atoms with Crippen LogP contribution in [0.15, 0.2) is 12.3 Å². The molecule has 0 spiro atoms. The van der Waals surface area contributed by atoms with E-state index in [0.29, 0.717) is 12.8 Å². The first kappa shape index (κ1) is 14.5. The van der Waals surface area contributed by atoms with Gasteiger partial charge in [0.15, 0.2) is 0 Å². The first-order chi connectivity index (χ1) is 9.34. The predicted octanol–water partition coefficient (Wildman–Crippen LogP) is 2.70. The monoisotopic (exact) mass is 299 g/mol. The number of hydrogen-bond donors (Lipinski definition) is 2. The Labute approximate surface area is 120 Å². The molecule has 0 aliphatic heterocycles. The summed E-state index contributed by atoms with van der Waals surface area (Å²) in [6, 6.07) is 0.802. The van der Waals surface area contributed by atoms with Crippen LogP contribution in [-0.2, 0) is 4.79 Å². The topological polar surface area (TPSA) is 105 Å². The Hall–Kier alpha value is -1.89. The number of carbonyl (C=O) groups is 1. The largest absolute Gasteiger partial charge is 0.481 e. The van der Waals surface area contributed by atoms with Crippen LogP contribution in [0.2, 0.25) is 5.02 Å². The van der Waals surface area contributed by atoms with Crippen molar-refractivity contribution in [2.75, 3.05) is 5.32 Å². The quantitative estimate of drug-likeness (QED) is 0.654. The summed E-state index contributed by atoms with van der Waals surface area (Å²) in [5.74, 6) is -0.858. The van der Waals surface area contributed by atoms with Crippen molar-refractivity contribution in [3.63, 3.8) is 0 Å². The molecule has 1 aromatic rings. The van der Waals surface area contributed by atoms with Crippen molar-refractivity contribution in [1.29, 1.82) is 0 Å². The zero-order valence-electron chi connectivity index (χ0n) is 10.8. The van der Waals surface area contributed by atoms with Crippen LogP contribution in [0.1, 0.15) is 26.2 Å². The van der Waals surface area contributed by atoms with Crippen molar-refractivity contribution in [2.45, 2.75) is 32.2 Å². The van der Waals surface area contributed by atoms with Gasteiger partial charge in [0.25, 0.3) is 0 Å². The van der Waals surface area contributed by atoms with Gasteiger partial charge in [-0.1, -0.05) is 18.0 Å². The van der Waals surface area contributed by atoms with Gasteiger partial charge in [-0.25, -0.2) is 4.98 Å². The van der Waals surface area contributed by atoms with Gasteiger partial charge in [-0.05, 0) is 19.8 Å². The first-order valence-corrected chi connectivity index (χ1v) is 6.52. The Bertz CT molecular complexity index is 566. The average molecular weight is 300 g/mol. The molecule has 0 amide bonds. The van der Waals surface area contributed by atoms with E-state index >= 15 is 0 Å². The standard InChI is InChI=1S/C12H14ClN3O4/c1-12(11(17)18)4-2-3-9(12)15-10-8(16(19)20)5-7(13)6-14-10/h5-6,9H,2-4H2,1H3,(H,14,15)(H,17,18). The third kappa shape index (κ3) is 2.53. The van der Waals surface area contributed by atoms with E-state index in [0.717, 1.165) is 6.42 Å². The number of rotatable bonds is 4. The molecule has 1 fully saturated rings. The van der Waals surface area contributed by atoms with Gasteiger partial charge in [-0.2, -0.15) is 0 Å². The van der Waals surface area contributed by atoms with E-state index in [1.54, 1.807) is 6.92 Å². The lowest BCUT2D eigenvalue weighted by Crippen LogP contribution is -2.40. The minimum atomic E-state index is -0.949. The van der Waals surface area contributed by atoms with Gasteiger partial charge in [0.1, 0.15) is 0 Å². The van der Waals surface area contributed by atoms with Crippen molar-refractivity contribution in [1.82, 2.24) is 4.98 Å². The minimum Gasteiger partial charge on any atom is -0.481 e. The Morgan fingerprint density at radius 3 is 3.00 bits per heavy atom. The molecule has 8 heteroatoms. The fourth-order valence-corrected chi connectivity index (χ4v) is 2.65. The maximum atomic E-state index is 11.4. The van der Waals surface area contributed by atoms with Crippen molar-refractivity contribution in [3.05, 3.63) is 27.4 Å². The van der Waals surface area contributed by atoms with Gasteiger partial charge in [0.05, 0.1) is 15.4 Å². The zero-order chi connectivity index (χ0) is 14.9. The van der Waals surface area contributed by atoms with Gasteiger partial charge in [-0.15, -0.1) is 0 Å². The summed E-state index contributed by atoms with van der Waals surface area (Å²) < 4.78 is 0. The first-order valence-electron chi connectivity index (χ1n) is 6.14. The van der Waals surface area contributed by atoms with E-state index in [1.807, 2.05) is 0 Å². The SMILES string of the molecule is CC1(C(=O)O)CCCC1Nc1ncc(Cl)cc1[N+](=O)[O-]. The smallest absolute Gasteiger partial charge is 0.312 e. The van der Waals surface area contributed by atoms with Crippen LogP contribution in [-0.4, -0.2) is 27.0 Å². The van der Waals surface area contributed by atoms with E-state index in [4.69, 9.17) is 11.6 Å². The zero-order valence-corrected chi connectivity index (χ0v) is 11.6.